The number of nitrogens with one attached hydrogen (secondary N) is 2. The van der Waals surface area contributed by atoms with Crippen molar-refractivity contribution in [2.75, 3.05) is 12.3 Å². The van der Waals surface area contributed by atoms with Crippen LogP contribution in [0.3, 0.4) is 0 Å². The second-order valence-corrected chi connectivity index (χ2v) is 8.44. The molecule has 1 aromatic rings. The summed E-state index contributed by atoms with van der Waals surface area (Å²) >= 11 is 0. The van der Waals surface area contributed by atoms with Crippen LogP contribution in [0.15, 0.2) is 12.3 Å². The van der Waals surface area contributed by atoms with Crippen molar-refractivity contribution in [2.24, 2.45) is 0 Å². The van der Waals surface area contributed by atoms with Gasteiger partial charge in [0.05, 0.1) is 23.5 Å². The highest BCUT2D eigenvalue weighted by Gasteiger charge is 2.28. The van der Waals surface area contributed by atoms with E-state index in [9.17, 15) is 31.2 Å². The quantitative estimate of drug-likeness (QED) is 0.751. The molecule has 0 fully saturated rings. The molecule has 0 aromatic carbocycles. The molecule has 2 rings (SSSR count). The van der Waals surface area contributed by atoms with Gasteiger partial charge in [-0.2, -0.15) is 13.2 Å². The maximum absolute atomic E-state index is 12.3. The number of hydrogen-bond acceptors (Lipinski definition) is 4. The molecule has 2 amide bonds. The topological polar surface area (TPSA) is 97.3 Å². The van der Waals surface area contributed by atoms with Crippen molar-refractivity contribution >= 4 is 21.7 Å². The predicted octanol–water partition coefficient (Wildman–Crippen LogP) is 0.994. The van der Waals surface area contributed by atoms with E-state index < -0.39 is 46.7 Å². The fraction of sp³-hybridized carbons (Fsp3) is 0.600. The van der Waals surface area contributed by atoms with E-state index in [4.69, 9.17) is 0 Å². The van der Waals surface area contributed by atoms with Gasteiger partial charge in [0.25, 0.3) is 5.91 Å². The highest BCUT2D eigenvalue weighted by atomic mass is 32.2. The highest BCUT2D eigenvalue weighted by molar-refractivity contribution is 7.90. The summed E-state index contributed by atoms with van der Waals surface area (Å²) in [5.74, 6) is -1.44. The normalized spacial score (nSPS) is 17.2. The zero-order valence-corrected chi connectivity index (χ0v) is 14.9. The molecule has 1 atom stereocenters. The Hall–Kier alpha value is -2.04. The average Bonchev–Trinajstić information content (AvgIpc) is 2.91. The van der Waals surface area contributed by atoms with Crippen LogP contribution in [0.25, 0.3) is 0 Å². The molecule has 0 saturated heterocycles. The Bertz CT molecular complexity index is 787. The maximum atomic E-state index is 12.3. The largest absolute Gasteiger partial charge is 0.389 e. The van der Waals surface area contributed by atoms with E-state index in [1.165, 1.54) is 6.07 Å². The first-order valence-corrected chi connectivity index (χ1v) is 9.82. The van der Waals surface area contributed by atoms with Crippen LogP contribution in [0.1, 0.15) is 35.8 Å². The Morgan fingerprint density at radius 1 is 1.35 bits per heavy atom. The third-order valence-corrected chi connectivity index (χ3v) is 5.46. The molecule has 0 saturated carbocycles. The molecule has 1 aliphatic rings. The predicted molar refractivity (Wildman–Crippen MR) is 87.1 cm³/mol. The van der Waals surface area contributed by atoms with Gasteiger partial charge >= 0.3 is 6.18 Å². The molecule has 11 heteroatoms. The molecule has 1 aliphatic heterocycles. The maximum Gasteiger partial charge on any atom is 0.389 e. The van der Waals surface area contributed by atoms with Gasteiger partial charge in [0.2, 0.25) is 5.91 Å². The first-order chi connectivity index (χ1) is 12.0. The van der Waals surface area contributed by atoms with E-state index in [0.29, 0.717) is 5.69 Å². The van der Waals surface area contributed by atoms with Crippen molar-refractivity contribution in [3.8, 4) is 0 Å². The van der Waals surface area contributed by atoms with Crippen LogP contribution in [0.5, 0.6) is 0 Å². The van der Waals surface area contributed by atoms with Crippen molar-refractivity contribution in [2.45, 2.75) is 44.3 Å². The Kier molecular flexibility index (Phi) is 5.99. The summed E-state index contributed by atoms with van der Waals surface area (Å²) in [4.78, 5) is 23.7. The monoisotopic (exact) mass is 395 g/mol. The zero-order chi connectivity index (χ0) is 19.5. The second kappa shape index (κ2) is 7.68. The Labute approximate surface area is 148 Å². The number of fused-ring (bicyclic) bond motifs is 1. The highest BCUT2D eigenvalue weighted by Crippen LogP contribution is 2.21. The van der Waals surface area contributed by atoms with Gasteiger partial charge in [-0.25, -0.2) is 8.42 Å². The van der Waals surface area contributed by atoms with Crippen LogP contribution < -0.4 is 10.6 Å². The smallest absolute Gasteiger partial charge is 0.354 e. The van der Waals surface area contributed by atoms with Gasteiger partial charge in [-0.1, -0.05) is 0 Å². The number of rotatable bonds is 6. The molecule has 2 heterocycles. The number of sulfone groups is 1. The summed E-state index contributed by atoms with van der Waals surface area (Å²) in [5.41, 5.74) is 0.652. The Morgan fingerprint density at radius 2 is 2.04 bits per heavy atom. The van der Waals surface area contributed by atoms with Gasteiger partial charge in [-0.15, -0.1) is 0 Å². The molecule has 1 aromatic heterocycles. The minimum atomic E-state index is -4.40. The Morgan fingerprint density at radius 3 is 2.69 bits per heavy atom. The fourth-order valence-corrected chi connectivity index (χ4v) is 3.92. The van der Waals surface area contributed by atoms with Crippen LogP contribution >= 0.6 is 0 Å². The van der Waals surface area contributed by atoms with Gasteiger partial charge in [-0.3, -0.25) is 9.59 Å². The minimum absolute atomic E-state index is 0.0239. The molecule has 26 heavy (non-hydrogen) atoms. The molecule has 2 N–H and O–H groups in total. The van der Waals surface area contributed by atoms with E-state index in [1.54, 1.807) is 17.7 Å². The van der Waals surface area contributed by atoms with Crippen molar-refractivity contribution in [1.29, 1.82) is 0 Å². The number of nitrogens with zero attached hydrogens (tertiary/aromatic N) is 1. The number of hydrogen-bond donors (Lipinski definition) is 2. The number of amides is 2. The molecular formula is C15H20F3N3O4S. The summed E-state index contributed by atoms with van der Waals surface area (Å²) in [6.07, 6.45) is -4.63. The molecule has 0 aliphatic carbocycles. The van der Waals surface area contributed by atoms with E-state index >= 15 is 0 Å². The van der Waals surface area contributed by atoms with E-state index in [2.05, 4.69) is 10.6 Å². The van der Waals surface area contributed by atoms with Crippen LogP contribution in [-0.2, 0) is 26.9 Å². The molecule has 0 bridgehead atoms. The molecule has 146 valence electrons. The molecule has 7 nitrogen and oxygen atoms in total. The summed E-state index contributed by atoms with van der Waals surface area (Å²) in [6.45, 7) is 1.84. The van der Waals surface area contributed by atoms with Crippen LogP contribution in [-0.4, -0.2) is 49.3 Å². The fourth-order valence-electron chi connectivity index (χ4n) is 2.56. The third kappa shape index (κ3) is 5.75. The molecule has 0 radical (unpaired) electrons. The SMILES string of the molecule is C[C@@H](CNC(=O)CCC(F)(F)F)NC(=O)c1ccn2c1CS(=O)(=O)CC2. The summed E-state index contributed by atoms with van der Waals surface area (Å²) < 4.78 is 61.4. The number of carbonyl (C=O) groups excluding carboxylic acids is 2. The van der Waals surface area contributed by atoms with Gasteiger partial charge in [0.15, 0.2) is 9.84 Å². The Balaban J connectivity index is 1.87. The van der Waals surface area contributed by atoms with Crippen LogP contribution in [0.2, 0.25) is 0 Å². The number of aromatic nitrogens is 1. The first kappa shape index (κ1) is 20.3. The number of alkyl halides is 3. The lowest BCUT2D eigenvalue weighted by Gasteiger charge is -2.18. The first-order valence-electron chi connectivity index (χ1n) is 7.99. The van der Waals surface area contributed by atoms with E-state index in [1.807, 2.05) is 0 Å². The lowest BCUT2D eigenvalue weighted by atomic mass is 10.2. The van der Waals surface area contributed by atoms with E-state index in [0.717, 1.165) is 0 Å². The molecule has 0 spiro atoms. The number of carbonyl (C=O) groups is 2. The molecule has 0 unspecified atom stereocenters. The van der Waals surface area contributed by atoms with Crippen molar-refractivity contribution in [3.05, 3.63) is 23.5 Å². The minimum Gasteiger partial charge on any atom is -0.354 e. The summed E-state index contributed by atoms with van der Waals surface area (Å²) in [7, 11) is -3.24. The lowest BCUT2D eigenvalue weighted by Crippen LogP contribution is -2.42. The lowest BCUT2D eigenvalue weighted by molar-refractivity contribution is -0.144. The summed E-state index contributed by atoms with van der Waals surface area (Å²) in [5, 5.41) is 4.93. The number of halogens is 3. The zero-order valence-electron chi connectivity index (χ0n) is 14.1. The summed E-state index contributed by atoms with van der Waals surface area (Å²) in [6, 6.07) is 0.994. The van der Waals surface area contributed by atoms with Crippen LogP contribution in [0.4, 0.5) is 13.2 Å². The van der Waals surface area contributed by atoms with Crippen molar-refractivity contribution in [3.63, 3.8) is 0 Å². The third-order valence-electron chi connectivity index (χ3n) is 3.94. The van der Waals surface area contributed by atoms with Gasteiger partial charge < -0.3 is 15.2 Å². The van der Waals surface area contributed by atoms with Crippen molar-refractivity contribution < 1.29 is 31.2 Å². The second-order valence-electron chi connectivity index (χ2n) is 6.26. The number of aryl methyl sites for hydroxylation is 1. The van der Waals surface area contributed by atoms with Gasteiger partial charge in [0.1, 0.15) is 0 Å². The molecular weight excluding hydrogens is 375 g/mol. The van der Waals surface area contributed by atoms with Gasteiger partial charge in [-0.05, 0) is 13.0 Å². The van der Waals surface area contributed by atoms with Crippen LogP contribution in [0, 0.1) is 0 Å². The van der Waals surface area contributed by atoms with Crippen molar-refractivity contribution in [1.82, 2.24) is 15.2 Å². The average molecular weight is 395 g/mol. The van der Waals surface area contributed by atoms with Gasteiger partial charge in [0, 0.05) is 37.4 Å². The van der Waals surface area contributed by atoms with E-state index in [-0.39, 0.29) is 30.2 Å². The standard InChI is InChI=1S/C15H20F3N3O4S/c1-10(8-19-13(22)2-4-15(16,17)18)20-14(23)11-3-5-21-6-7-26(24,25)9-12(11)21/h3,5,10H,2,4,6-9H2,1H3,(H,19,22)(H,20,23)/t10-/m0/s1.